The fourth-order valence-electron chi connectivity index (χ4n) is 1.39. The molecular weight excluding hydrogens is 343 g/mol. The number of ether oxygens (including phenoxy) is 2. The molecule has 0 amide bonds. The normalized spacial score (nSPS) is 10.8. The smallest absolute Gasteiger partial charge is 0.466 e. The SMILES string of the molecule is CCOC(=O)Cc1cc(OC(F)(F)F)c(C#N)cc1Br. The first-order valence-corrected chi connectivity index (χ1v) is 6.20. The third-order valence-electron chi connectivity index (χ3n) is 2.13. The fraction of sp³-hybridized carbons (Fsp3) is 0.333. The van der Waals surface area contributed by atoms with Crippen molar-refractivity contribution >= 4 is 21.9 Å². The molecule has 0 aliphatic rings. The van der Waals surface area contributed by atoms with Crippen LogP contribution >= 0.6 is 15.9 Å². The number of hydrogen-bond acceptors (Lipinski definition) is 4. The number of esters is 1. The van der Waals surface area contributed by atoms with Crippen LogP contribution < -0.4 is 4.74 Å². The van der Waals surface area contributed by atoms with Crippen molar-refractivity contribution in [2.75, 3.05) is 6.61 Å². The standard InChI is InChI=1S/C12H9BrF3NO3/c1-2-19-11(18)5-7-4-10(20-12(14,15)16)8(6-17)3-9(7)13/h3-4H,2,5H2,1H3. The second-order valence-electron chi connectivity index (χ2n) is 3.58. The molecule has 1 aromatic carbocycles. The molecule has 4 nitrogen and oxygen atoms in total. The van der Waals surface area contributed by atoms with Gasteiger partial charge in [-0.2, -0.15) is 5.26 Å². The number of hydrogen-bond donors (Lipinski definition) is 0. The Labute approximate surface area is 121 Å². The van der Waals surface area contributed by atoms with Crippen molar-refractivity contribution in [2.45, 2.75) is 19.7 Å². The van der Waals surface area contributed by atoms with Crippen molar-refractivity contribution in [3.05, 3.63) is 27.7 Å². The molecule has 0 aliphatic carbocycles. The molecule has 20 heavy (non-hydrogen) atoms. The largest absolute Gasteiger partial charge is 0.573 e. The van der Waals surface area contributed by atoms with E-state index in [1.54, 1.807) is 13.0 Å². The van der Waals surface area contributed by atoms with Crippen LogP contribution in [0.2, 0.25) is 0 Å². The number of alkyl halides is 3. The maximum absolute atomic E-state index is 12.2. The molecule has 1 rings (SSSR count). The molecule has 0 bridgehead atoms. The van der Waals surface area contributed by atoms with Gasteiger partial charge in [-0.25, -0.2) is 0 Å². The summed E-state index contributed by atoms with van der Waals surface area (Å²) in [6.45, 7) is 1.78. The molecule has 0 spiro atoms. The van der Waals surface area contributed by atoms with E-state index in [0.717, 1.165) is 12.1 Å². The Morgan fingerprint density at radius 3 is 2.60 bits per heavy atom. The highest BCUT2D eigenvalue weighted by Gasteiger charge is 2.32. The minimum atomic E-state index is -4.92. The molecule has 0 aliphatic heterocycles. The second-order valence-corrected chi connectivity index (χ2v) is 4.44. The van der Waals surface area contributed by atoms with Crippen molar-refractivity contribution in [3.63, 3.8) is 0 Å². The number of carbonyl (C=O) groups excluding carboxylic acids is 1. The molecule has 108 valence electrons. The van der Waals surface area contributed by atoms with Gasteiger partial charge in [-0.1, -0.05) is 15.9 Å². The first-order valence-electron chi connectivity index (χ1n) is 5.40. The van der Waals surface area contributed by atoms with Gasteiger partial charge in [-0.3, -0.25) is 4.79 Å². The summed E-state index contributed by atoms with van der Waals surface area (Å²) in [5.41, 5.74) is -0.0523. The summed E-state index contributed by atoms with van der Waals surface area (Å²) in [4.78, 5) is 11.3. The molecule has 0 aromatic heterocycles. The molecule has 8 heteroatoms. The van der Waals surface area contributed by atoms with Crippen molar-refractivity contribution < 1.29 is 27.4 Å². The third kappa shape index (κ3) is 4.74. The topological polar surface area (TPSA) is 59.3 Å². The zero-order chi connectivity index (χ0) is 15.3. The van der Waals surface area contributed by atoms with E-state index in [4.69, 9.17) is 10.00 Å². The molecular formula is C12H9BrF3NO3. The van der Waals surface area contributed by atoms with Crippen molar-refractivity contribution in [2.24, 2.45) is 0 Å². The number of benzene rings is 1. The van der Waals surface area contributed by atoms with Crippen LogP contribution in [0.5, 0.6) is 5.75 Å². The molecule has 0 heterocycles. The fourth-order valence-corrected chi connectivity index (χ4v) is 1.88. The number of nitrogens with zero attached hydrogens (tertiary/aromatic N) is 1. The Morgan fingerprint density at radius 2 is 2.10 bits per heavy atom. The van der Waals surface area contributed by atoms with Gasteiger partial charge in [-0.05, 0) is 24.6 Å². The van der Waals surface area contributed by atoms with E-state index in [9.17, 15) is 18.0 Å². The third-order valence-corrected chi connectivity index (χ3v) is 2.87. The van der Waals surface area contributed by atoms with E-state index in [-0.39, 0.29) is 24.2 Å². The molecule has 0 atom stereocenters. The number of halogens is 4. The van der Waals surface area contributed by atoms with Gasteiger partial charge in [-0.15, -0.1) is 13.2 Å². The molecule has 0 fully saturated rings. The summed E-state index contributed by atoms with van der Waals surface area (Å²) >= 11 is 3.09. The Bertz CT molecular complexity index is 552. The first-order chi connectivity index (χ1) is 9.26. The van der Waals surface area contributed by atoms with Crippen LogP contribution in [0.25, 0.3) is 0 Å². The Morgan fingerprint density at radius 1 is 1.45 bits per heavy atom. The summed E-state index contributed by atoms with van der Waals surface area (Å²) in [6.07, 6.45) is -5.14. The van der Waals surface area contributed by atoms with Gasteiger partial charge in [0.15, 0.2) is 0 Å². The summed E-state index contributed by atoms with van der Waals surface area (Å²) in [5.74, 6) is -1.24. The lowest BCUT2D eigenvalue weighted by Crippen LogP contribution is -2.18. The molecule has 0 saturated carbocycles. The van der Waals surface area contributed by atoms with Gasteiger partial charge in [0.25, 0.3) is 0 Å². The van der Waals surface area contributed by atoms with Crippen molar-refractivity contribution in [1.82, 2.24) is 0 Å². The van der Waals surface area contributed by atoms with E-state index in [2.05, 4.69) is 20.7 Å². The summed E-state index contributed by atoms with van der Waals surface area (Å²) in [7, 11) is 0. The van der Waals surface area contributed by atoms with Crippen molar-refractivity contribution in [3.8, 4) is 11.8 Å². The van der Waals surface area contributed by atoms with Gasteiger partial charge in [0.1, 0.15) is 11.8 Å². The summed E-state index contributed by atoms with van der Waals surface area (Å²) in [5, 5.41) is 8.79. The molecule has 0 saturated heterocycles. The van der Waals surface area contributed by atoms with Gasteiger partial charge < -0.3 is 9.47 Å². The van der Waals surface area contributed by atoms with Crippen LogP contribution in [0.3, 0.4) is 0 Å². The maximum atomic E-state index is 12.2. The minimum Gasteiger partial charge on any atom is -0.466 e. The number of carbonyl (C=O) groups is 1. The van der Waals surface area contributed by atoms with E-state index < -0.39 is 18.1 Å². The van der Waals surface area contributed by atoms with Gasteiger partial charge in [0.2, 0.25) is 0 Å². The monoisotopic (exact) mass is 351 g/mol. The quantitative estimate of drug-likeness (QED) is 0.780. The van der Waals surface area contributed by atoms with Crippen molar-refractivity contribution in [1.29, 1.82) is 5.26 Å². The first kappa shape index (κ1) is 16.3. The van der Waals surface area contributed by atoms with Crippen LogP contribution in [-0.4, -0.2) is 18.9 Å². The van der Waals surface area contributed by atoms with Crippen LogP contribution in [0.4, 0.5) is 13.2 Å². The zero-order valence-electron chi connectivity index (χ0n) is 10.3. The van der Waals surface area contributed by atoms with Crippen LogP contribution in [-0.2, 0) is 16.0 Å². The average Bonchev–Trinajstić information content (AvgIpc) is 2.31. The van der Waals surface area contributed by atoms with Gasteiger partial charge in [0, 0.05) is 4.47 Å². The highest BCUT2D eigenvalue weighted by molar-refractivity contribution is 9.10. The van der Waals surface area contributed by atoms with Crippen LogP contribution in [0.1, 0.15) is 18.1 Å². The minimum absolute atomic E-state index is 0.165. The molecule has 0 unspecified atom stereocenters. The average molecular weight is 352 g/mol. The lowest BCUT2D eigenvalue weighted by atomic mass is 10.1. The Kier molecular flexibility index (Phi) is 5.39. The molecule has 1 aromatic rings. The van der Waals surface area contributed by atoms with E-state index in [1.807, 2.05) is 0 Å². The van der Waals surface area contributed by atoms with Gasteiger partial charge in [0.05, 0.1) is 18.6 Å². The highest BCUT2D eigenvalue weighted by Crippen LogP contribution is 2.31. The summed E-state index contributed by atoms with van der Waals surface area (Å²) in [6, 6.07) is 3.75. The lowest BCUT2D eigenvalue weighted by Gasteiger charge is -2.13. The van der Waals surface area contributed by atoms with E-state index in [0.29, 0.717) is 4.47 Å². The summed E-state index contributed by atoms with van der Waals surface area (Å²) < 4.78 is 45.5. The van der Waals surface area contributed by atoms with Crippen LogP contribution in [0.15, 0.2) is 16.6 Å². The zero-order valence-corrected chi connectivity index (χ0v) is 11.8. The number of rotatable bonds is 4. The molecule has 0 N–H and O–H groups in total. The predicted octanol–water partition coefficient (Wildman–Crippen LogP) is 3.32. The van der Waals surface area contributed by atoms with E-state index in [1.165, 1.54) is 0 Å². The van der Waals surface area contributed by atoms with E-state index >= 15 is 0 Å². The highest BCUT2D eigenvalue weighted by atomic mass is 79.9. The lowest BCUT2D eigenvalue weighted by molar-refractivity contribution is -0.274. The predicted molar refractivity (Wildman–Crippen MR) is 65.9 cm³/mol. The Balaban J connectivity index is 3.11. The molecule has 0 radical (unpaired) electrons. The second kappa shape index (κ2) is 6.61. The number of nitriles is 1. The van der Waals surface area contributed by atoms with Gasteiger partial charge >= 0.3 is 12.3 Å². The Hall–Kier alpha value is -1.75. The van der Waals surface area contributed by atoms with Crippen LogP contribution in [0, 0.1) is 11.3 Å². The maximum Gasteiger partial charge on any atom is 0.573 e.